The van der Waals surface area contributed by atoms with E-state index in [4.69, 9.17) is 4.74 Å². The van der Waals surface area contributed by atoms with E-state index in [0.29, 0.717) is 34.3 Å². The van der Waals surface area contributed by atoms with E-state index in [1.54, 1.807) is 42.5 Å². The minimum absolute atomic E-state index is 0.111. The molecule has 0 spiro atoms. The molecule has 2 aromatic carbocycles. The largest absolute Gasteiger partial charge is 0.378 e. The Kier molecular flexibility index (Phi) is 5.36. The summed E-state index contributed by atoms with van der Waals surface area (Å²) < 4.78 is 5.53. The van der Waals surface area contributed by atoms with Gasteiger partial charge in [0.15, 0.2) is 0 Å². The second-order valence-corrected chi connectivity index (χ2v) is 6.64. The van der Waals surface area contributed by atoms with Gasteiger partial charge in [-0.2, -0.15) is 0 Å². The lowest BCUT2D eigenvalue weighted by molar-refractivity contribution is -0.384. The quantitative estimate of drug-likeness (QED) is 0.265. The van der Waals surface area contributed by atoms with Crippen molar-refractivity contribution in [2.24, 2.45) is 0 Å². The number of ether oxygens (including phenoxy) is 1. The van der Waals surface area contributed by atoms with E-state index in [9.17, 15) is 19.7 Å². The van der Waals surface area contributed by atoms with Crippen molar-refractivity contribution in [3.05, 3.63) is 76.0 Å². The van der Waals surface area contributed by atoms with E-state index < -0.39 is 4.92 Å². The fourth-order valence-electron chi connectivity index (χ4n) is 3.40. The van der Waals surface area contributed by atoms with Gasteiger partial charge in [-0.05, 0) is 18.2 Å². The van der Waals surface area contributed by atoms with Gasteiger partial charge >= 0.3 is 5.69 Å². The Morgan fingerprint density at radius 1 is 1.00 bits per heavy atom. The molecule has 1 N–H and O–H groups in total. The molecule has 9 heteroatoms. The van der Waals surface area contributed by atoms with Gasteiger partial charge in [0.25, 0.3) is 11.8 Å². The summed E-state index contributed by atoms with van der Waals surface area (Å²) in [6.07, 6.45) is 1.23. The number of nitrogens with one attached hydrogen (secondary N) is 1. The van der Waals surface area contributed by atoms with Crippen LogP contribution in [0.2, 0.25) is 0 Å². The summed E-state index contributed by atoms with van der Waals surface area (Å²) in [7, 11) is 0. The molecule has 0 unspecified atom stereocenters. The molecule has 1 aliphatic rings. The molecule has 0 bridgehead atoms. The molecule has 152 valence electrons. The smallest absolute Gasteiger partial charge is 0.311 e. The van der Waals surface area contributed by atoms with E-state index >= 15 is 0 Å². The first-order valence-electron chi connectivity index (χ1n) is 9.37. The number of carbonyl (C=O) groups is 2. The van der Waals surface area contributed by atoms with Crippen LogP contribution in [-0.2, 0) is 4.74 Å². The van der Waals surface area contributed by atoms with Crippen LogP contribution in [0.15, 0.2) is 54.7 Å². The van der Waals surface area contributed by atoms with Gasteiger partial charge in [0.1, 0.15) is 11.9 Å². The molecular weight excluding hydrogens is 388 g/mol. The predicted octanol–water partition coefficient (Wildman–Crippen LogP) is 2.87. The summed E-state index contributed by atoms with van der Waals surface area (Å²) in [5.41, 5.74) is 1.73. The molecule has 1 aromatic heterocycles. The highest BCUT2D eigenvalue weighted by molar-refractivity contribution is 6.21. The van der Waals surface area contributed by atoms with Crippen molar-refractivity contribution in [3.8, 4) is 0 Å². The molecule has 3 aromatic rings. The SMILES string of the molecule is O=C1c2ccccc2C(=O)N1CCOCCNc1c([N+](=O)[O-])cnc2ccccc12. The first-order chi connectivity index (χ1) is 14.6. The van der Waals surface area contributed by atoms with Gasteiger partial charge in [0, 0.05) is 11.9 Å². The Morgan fingerprint density at radius 3 is 2.37 bits per heavy atom. The second-order valence-electron chi connectivity index (χ2n) is 6.64. The van der Waals surface area contributed by atoms with Crippen LogP contribution >= 0.6 is 0 Å². The average Bonchev–Trinajstić information content (AvgIpc) is 3.00. The lowest BCUT2D eigenvalue weighted by Gasteiger charge is -2.14. The molecule has 0 saturated heterocycles. The summed E-state index contributed by atoms with van der Waals surface area (Å²) in [6.45, 7) is 0.880. The summed E-state index contributed by atoms with van der Waals surface area (Å²) in [4.78, 5) is 40.7. The Hall–Kier alpha value is -3.85. The van der Waals surface area contributed by atoms with Crippen LogP contribution in [0.25, 0.3) is 10.9 Å². The molecule has 0 atom stereocenters. The minimum Gasteiger partial charge on any atom is -0.378 e. The number of anilines is 1. The number of hydrogen-bond acceptors (Lipinski definition) is 7. The van der Waals surface area contributed by atoms with Gasteiger partial charge in [0.05, 0.1) is 41.3 Å². The van der Waals surface area contributed by atoms with Crippen LogP contribution in [-0.4, -0.2) is 52.9 Å². The number of rotatable bonds is 8. The number of carbonyl (C=O) groups excluding carboxylic acids is 2. The third kappa shape index (κ3) is 3.58. The molecule has 0 radical (unpaired) electrons. The maximum atomic E-state index is 12.3. The molecule has 0 aliphatic carbocycles. The Balaban J connectivity index is 1.32. The van der Waals surface area contributed by atoms with Crippen LogP contribution < -0.4 is 5.32 Å². The van der Waals surface area contributed by atoms with E-state index in [1.807, 2.05) is 6.07 Å². The summed E-state index contributed by atoms with van der Waals surface area (Å²) in [6, 6.07) is 13.8. The van der Waals surface area contributed by atoms with Gasteiger partial charge in [0.2, 0.25) is 0 Å². The van der Waals surface area contributed by atoms with E-state index in [2.05, 4.69) is 10.3 Å². The number of nitro groups is 1. The zero-order chi connectivity index (χ0) is 21.1. The predicted molar refractivity (Wildman–Crippen MR) is 110 cm³/mol. The number of benzene rings is 2. The Bertz CT molecular complexity index is 1110. The standard InChI is InChI=1S/C21H18N4O5/c26-20-14-5-1-2-6-15(14)21(27)24(20)10-12-30-11-9-22-19-16-7-3-4-8-17(16)23-13-18(19)25(28)29/h1-8,13H,9-12H2,(H,22,23). The number of amides is 2. The number of hydrogen-bond donors (Lipinski definition) is 1. The minimum atomic E-state index is -0.481. The third-order valence-corrected chi connectivity index (χ3v) is 4.84. The summed E-state index contributed by atoms with van der Waals surface area (Å²) in [5, 5.41) is 15.0. The first-order valence-corrected chi connectivity index (χ1v) is 9.37. The monoisotopic (exact) mass is 406 g/mol. The Morgan fingerprint density at radius 2 is 1.67 bits per heavy atom. The summed E-state index contributed by atoms with van der Waals surface area (Å²) in [5.74, 6) is -0.646. The van der Waals surface area contributed by atoms with Gasteiger partial charge in [-0.3, -0.25) is 24.6 Å². The molecule has 2 amide bonds. The van der Waals surface area contributed by atoms with Crippen LogP contribution in [0.4, 0.5) is 11.4 Å². The van der Waals surface area contributed by atoms with E-state index in [-0.39, 0.29) is 37.3 Å². The number of nitrogens with zero attached hydrogens (tertiary/aromatic N) is 3. The van der Waals surface area contributed by atoms with Crippen molar-refractivity contribution < 1.29 is 19.2 Å². The second kappa shape index (κ2) is 8.26. The number of pyridine rings is 1. The number of aromatic nitrogens is 1. The van der Waals surface area contributed by atoms with Crippen molar-refractivity contribution in [2.45, 2.75) is 0 Å². The van der Waals surface area contributed by atoms with Gasteiger partial charge in [-0.15, -0.1) is 0 Å². The fourth-order valence-corrected chi connectivity index (χ4v) is 3.40. The normalized spacial score (nSPS) is 13.0. The lowest BCUT2D eigenvalue weighted by atomic mass is 10.1. The lowest BCUT2D eigenvalue weighted by Crippen LogP contribution is -2.33. The zero-order valence-corrected chi connectivity index (χ0v) is 15.9. The highest BCUT2D eigenvalue weighted by Gasteiger charge is 2.34. The highest BCUT2D eigenvalue weighted by atomic mass is 16.6. The number of fused-ring (bicyclic) bond motifs is 2. The molecule has 9 nitrogen and oxygen atoms in total. The Labute approximate surface area is 171 Å². The van der Waals surface area contributed by atoms with Crippen molar-refractivity contribution in [2.75, 3.05) is 31.6 Å². The third-order valence-electron chi connectivity index (χ3n) is 4.84. The maximum Gasteiger partial charge on any atom is 0.311 e. The van der Waals surface area contributed by atoms with Crippen molar-refractivity contribution in [1.29, 1.82) is 0 Å². The van der Waals surface area contributed by atoms with Crippen molar-refractivity contribution in [1.82, 2.24) is 9.88 Å². The van der Waals surface area contributed by atoms with Crippen molar-refractivity contribution in [3.63, 3.8) is 0 Å². The van der Waals surface area contributed by atoms with E-state index in [0.717, 1.165) is 0 Å². The molecular formula is C21H18N4O5. The molecule has 0 saturated carbocycles. The fraction of sp³-hybridized carbons (Fsp3) is 0.190. The first kappa shape index (κ1) is 19.5. The van der Waals surface area contributed by atoms with Gasteiger partial charge < -0.3 is 10.1 Å². The topological polar surface area (TPSA) is 115 Å². The van der Waals surface area contributed by atoms with Crippen LogP contribution in [0.5, 0.6) is 0 Å². The average molecular weight is 406 g/mol. The molecule has 30 heavy (non-hydrogen) atoms. The molecule has 2 heterocycles. The molecule has 0 fully saturated rings. The van der Waals surface area contributed by atoms with E-state index in [1.165, 1.54) is 11.1 Å². The highest BCUT2D eigenvalue weighted by Crippen LogP contribution is 2.31. The molecule has 4 rings (SSSR count). The maximum absolute atomic E-state index is 12.3. The van der Waals surface area contributed by atoms with Crippen molar-refractivity contribution >= 4 is 34.1 Å². The van der Waals surface area contributed by atoms with Gasteiger partial charge in [-0.25, -0.2) is 4.98 Å². The van der Waals surface area contributed by atoms with Crippen LogP contribution in [0.3, 0.4) is 0 Å². The summed E-state index contributed by atoms with van der Waals surface area (Å²) >= 11 is 0. The van der Waals surface area contributed by atoms with Gasteiger partial charge in [-0.1, -0.05) is 30.3 Å². The van der Waals surface area contributed by atoms with Crippen LogP contribution in [0, 0.1) is 10.1 Å². The number of para-hydroxylation sites is 1. The van der Waals surface area contributed by atoms with Crippen LogP contribution in [0.1, 0.15) is 20.7 Å². The number of imide groups is 1. The molecule has 1 aliphatic heterocycles. The zero-order valence-electron chi connectivity index (χ0n) is 15.9.